The Morgan fingerprint density at radius 2 is 2.08 bits per heavy atom. The number of carbonyl (C=O) groups excluding carboxylic acids is 1. The van der Waals surface area contributed by atoms with E-state index in [2.05, 4.69) is 27.9 Å². The zero-order valence-corrected chi connectivity index (χ0v) is 15.1. The van der Waals surface area contributed by atoms with Crippen LogP contribution in [0.3, 0.4) is 0 Å². The molecule has 6 nitrogen and oxygen atoms in total. The van der Waals surface area contributed by atoms with Crippen LogP contribution in [0.15, 0.2) is 0 Å². The second-order valence-electron chi connectivity index (χ2n) is 7.36. The number of unbranched alkanes of at least 4 members (excludes halogenated alkanes) is 1. The van der Waals surface area contributed by atoms with Crippen molar-refractivity contribution in [2.75, 3.05) is 13.1 Å². The largest absolute Gasteiger partial charge is 0.348 e. The van der Waals surface area contributed by atoms with Crippen molar-refractivity contribution in [3.8, 4) is 0 Å². The Balaban J connectivity index is 1.66. The summed E-state index contributed by atoms with van der Waals surface area (Å²) in [5.41, 5.74) is 1.41. The molecule has 1 aliphatic heterocycles. The van der Waals surface area contributed by atoms with Gasteiger partial charge in [-0.1, -0.05) is 31.4 Å². The molecule has 1 atom stereocenters. The van der Waals surface area contributed by atoms with Crippen molar-refractivity contribution in [2.45, 2.75) is 77.3 Å². The van der Waals surface area contributed by atoms with E-state index in [9.17, 15) is 4.79 Å². The Bertz CT molecular complexity index is 546. The first-order valence-electron chi connectivity index (χ1n) is 9.64. The van der Waals surface area contributed by atoms with Crippen LogP contribution < -0.4 is 10.6 Å². The minimum Gasteiger partial charge on any atom is -0.348 e. The highest BCUT2D eigenvalue weighted by Crippen LogP contribution is 2.32. The number of carbonyl (C=O) groups is 1. The van der Waals surface area contributed by atoms with Crippen LogP contribution in [0.5, 0.6) is 0 Å². The highest BCUT2D eigenvalue weighted by molar-refractivity contribution is 5.93. The standard InChI is InChI=1S/C18H31N5O/c1-3-4-8-16(14-6-5-7-14)20-18(24)17-13(2)23(22-21-17)15-9-11-19-12-10-15/h14-16,19H,3-12H2,1-2H3,(H,20,24). The van der Waals surface area contributed by atoms with Gasteiger partial charge in [0.05, 0.1) is 11.7 Å². The maximum absolute atomic E-state index is 12.7. The van der Waals surface area contributed by atoms with Gasteiger partial charge in [-0.2, -0.15) is 0 Å². The van der Waals surface area contributed by atoms with Crippen LogP contribution >= 0.6 is 0 Å². The molecule has 1 amide bonds. The van der Waals surface area contributed by atoms with Crippen molar-refractivity contribution in [1.82, 2.24) is 25.6 Å². The van der Waals surface area contributed by atoms with E-state index in [1.165, 1.54) is 32.1 Å². The minimum atomic E-state index is -0.0410. The number of hydrogen-bond donors (Lipinski definition) is 2. The molecule has 1 aliphatic carbocycles. The molecule has 0 spiro atoms. The van der Waals surface area contributed by atoms with Crippen LogP contribution in [0.1, 0.15) is 80.5 Å². The molecule has 1 saturated carbocycles. The Morgan fingerprint density at radius 1 is 1.33 bits per heavy atom. The fraction of sp³-hybridized carbons (Fsp3) is 0.833. The van der Waals surface area contributed by atoms with Crippen LogP contribution in [0.25, 0.3) is 0 Å². The van der Waals surface area contributed by atoms with E-state index >= 15 is 0 Å². The van der Waals surface area contributed by atoms with E-state index in [1.807, 2.05) is 11.6 Å². The number of aromatic nitrogens is 3. The summed E-state index contributed by atoms with van der Waals surface area (Å²) in [4.78, 5) is 12.7. The Kier molecular flexibility index (Phi) is 5.87. The van der Waals surface area contributed by atoms with Gasteiger partial charge in [-0.25, -0.2) is 4.68 Å². The second kappa shape index (κ2) is 8.10. The Hall–Kier alpha value is -1.43. The van der Waals surface area contributed by atoms with E-state index in [-0.39, 0.29) is 5.91 Å². The van der Waals surface area contributed by atoms with Crippen LogP contribution in [0, 0.1) is 12.8 Å². The first-order chi connectivity index (χ1) is 11.7. The summed E-state index contributed by atoms with van der Waals surface area (Å²) in [6.07, 6.45) is 9.30. The molecule has 6 heteroatoms. The molecule has 2 heterocycles. The van der Waals surface area contributed by atoms with Crippen molar-refractivity contribution >= 4 is 5.91 Å². The van der Waals surface area contributed by atoms with Gasteiger partial charge in [0.1, 0.15) is 0 Å². The number of hydrogen-bond acceptors (Lipinski definition) is 4. The molecule has 1 aromatic rings. The maximum atomic E-state index is 12.7. The van der Waals surface area contributed by atoms with E-state index in [1.54, 1.807) is 0 Å². The van der Waals surface area contributed by atoms with Gasteiger partial charge in [0.25, 0.3) is 5.91 Å². The molecule has 3 rings (SSSR count). The number of rotatable bonds is 7. The molecule has 2 aliphatic rings. The SMILES string of the molecule is CCCCC(NC(=O)c1nnn(C2CCNCC2)c1C)C1CCC1. The van der Waals surface area contributed by atoms with Crippen LogP contribution in [-0.4, -0.2) is 40.0 Å². The summed E-state index contributed by atoms with van der Waals surface area (Å²) in [5.74, 6) is 0.612. The van der Waals surface area contributed by atoms with Gasteiger partial charge in [-0.15, -0.1) is 5.10 Å². The lowest BCUT2D eigenvalue weighted by Gasteiger charge is -2.34. The molecule has 1 saturated heterocycles. The van der Waals surface area contributed by atoms with Crippen LogP contribution in [0.2, 0.25) is 0 Å². The van der Waals surface area contributed by atoms with Crippen molar-refractivity contribution in [3.63, 3.8) is 0 Å². The predicted molar refractivity (Wildman–Crippen MR) is 94.0 cm³/mol. The first kappa shape index (κ1) is 17.4. The zero-order chi connectivity index (χ0) is 16.9. The predicted octanol–water partition coefficient (Wildman–Crippen LogP) is 2.60. The van der Waals surface area contributed by atoms with Gasteiger partial charge in [-0.05, 0) is 58.0 Å². The monoisotopic (exact) mass is 333 g/mol. The summed E-state index contributed by atoms with van der Waals surface area (Å²) < 4.78 is 1.96. The average molecular weight is 333 g/mol. The molecule has 0 radical (unpaired) electrons. The molecule has 0 bridgehead atoms. The third kappa shape index (κ3) is 3.79. The van der Waals surface area contributed by atoms with Crippen LogP contribution in [-0.2, 0) is 0 Å². The van der Waals surface area contributed by atoms with E-state index in [0.717, 1.165) is 38.0 Å². The fourth-order valence-electron chi connectivity index (χ4n) is 3.88. The maximum Gasteiger partial charge on any atom is 0.273 e. The number of nitrogens with zero attached hydrogens (tertiary/aromatic N) is 3. The smallest absolute Gasteiger partial charge is 0.273 e. The molecule has 1 unspecified atom stereocenters. The average Bonchev–Trinajstić information content (AvgIpc) is 2.93. The lowest BCUT2D eigenvalue weighted by molar-refractivity contribution is 0.0889. The molecule has 2 N–H and O–H groups in total. The van der Waals surface area contributed by atoms with Gasteiger partial charge < -0.3 is 10.6 Å². The third-order valence-corrected chi connectivity index (χ3v) is 5.70. The number of nitrogens with one attached hydrogen (secondary N) is 2. The normalized spacial score (nSPS) is 20.6. The molecule has 0 aromatic carbocycles. The fourth-order valence-corrected chi connectivity index (χ4v) is 3.88. The molecule has 24 heavy (non-hydrogen) atoms. The van der Waals surface area contributed by atoms with Crippen molar-refractivity contribution in [3.05, 3.63) is 11.4 Å². The molecule has 2 fully saturated rings. The summed E-state index contributed by atoms with van der Waals surface area (Å²) >= 11 is 0. The summed E-state index contributed by atoms with van der Waals surface area (Å²) in [7, 11) is 0. The first-order valence-corrected chi connectivity index (χ1v) is 9.64. The lowest BCUT2D eigenvalue weighted by atomic mass is 9.78. The third-order valence-electron chi connectivity index (χ3n) is 5.70. The van der Waals surface area contributed by atoms with Crippen molar-refractivity contribution < 1.29 is 4.79 Å². The summed E-state index contributed by atoms with van der Waals surface area (Å²) in [5, 5.41) is 15.1. The highest BCUT2D eigenvalue weighted by atomic mass is 16.2. The second-order valence-corrected chi connectivity index (χ2v) is 7.36. The molecule has 134 valence electrons. The van der Waals surface area contributed by atoms with Crippen molar-refractivity contribution in [1.29, 1.82) is 0 Å². The minimum absolute atomic E-state index is 0.0410. The van der Waals surface area contributed by atoms with Gasteiger partial charge in [0, 0.05) is 6.04 Å². The molecular formula is C18H31N5O. The van der Waals surface area contributed by atoms with E-state index < -0.39 is 0 Å². The molecule has 1 aromatic heterocycles. The van der Waals surface area contributed by atoms with Gasteiger partial charge in [0.15, 0.2) is 5.69 Å². The van der Waals surface area contributed by atoms with Crippen LogP contribution in [0.4, 0.5) is 0 Å². The van der Waals surface area contributed by atoms with Gasteiger partial charge >= 0.3 is 0 Å². The van der Waals surface area contributed by atoms with Gasteiger partial charge in [-0.3, -0.25) is 4.79 Å². The van der Waals surface area contributed by atoms with Gasteiger partial charge in [0.2, 0.25) is 0 Å². The summed E-state index contributed by atoms with van der Waals surface area (Å²) in [6.45, 7) is 6.19. The number of piperidine rings is 1. The van der Waals surface area contributed by atoms with Crippen molar-refractivity contribution in [2.24, 2.45) is 5.92 Å². The summed E-state index contributed by atoms with van der Waals surface area (Å²) in [6, 6.07) is 0.664. The highest BCUT2D eigenvalue weighted by Gasteiger charge is 2.30. The number of amides is 1. The Morgan fingerprint density at radius 3 is 2.71 bits per heavy atom. The zero-order valence-electron chi connectivity index (χ0n) is 15.1. The quantitative estimate of drug-likeness (QED) is 0.804. The lowest BCUT2D eigenvalue weighted by Crippen LogP contribution is -2.43. The van der Waals surface area contributed by atoms with E-state index in [0.29, 0.717) is 23.7 Å². The molecular weight excluding hydrogens is 302 g/mol. The topological polar surface area (TPSA) is 71.8 Å². The Labute approximate surface area is 144 Å². The van der Waals surface area contributed by atoms with E-state index in [4.69, 9.17) is 0 Å².